The van der Waals surface area contributed by atoms with Gasteiger partial charge in [-0.25, -0.2) is 9.97 Å². The normalized spacial score (nSPS) is 14.4. The third-order valence-corrected chi connectivity index (χ3v) is 6.15. The zero-order chi connectivity index (χ0) is 22.5. The number of nitrogens with one attached hydrogen (secondary N) is 2. The Kier molecular flexibility index (Phi) is 6.90. The van der Waals surface area contributed by atoms with Crippen LogP contribution in [0, 0.1) is 0 Å². The van der Waals surface area contributed by atoms with Gasteiger partial charge in [-0.2, -0.15) is 9.61 Å². The summed E-state index contributed by atoms with van der Waals surface area (Å²) in [4.78, 5) is 9.37. The van der Waals surface area contributed by atoms with Crippen LogP contribution in [0.3, 0.4) is 0 Å². The van der Waals surface area contributed by atoms with E-state index in [0.29, 0.717) is 12.6 Å². The Bertz CT molecular complexity index is 1190. The van der Waals surface area contributed by atoms with E-state index in [0.717, 1.165) is 41.8 Å². The summed E-state index contributed by atoms with van der Waals surface area (Å²) < 4.78 is 3.96. The first kappa shape index (κ1) is 22.1. The molecular weight excluding hydrogens is 402 g/mol. The van der Waals surface area contributed by atoms with Crippen molar-refractivity contribution in [2.45, 2.75) is 58.0 Å². The first-order valence-electron chi connectivity index (χ1n) is 11.4. The highest BCUT2D eigenvalue weighted by atomic mass is 16.2. The number of fused-ring (bicyclic) bond motifs is 2. The second kappa shape index (κ2) is 9.99. The zero-order valence-electron chi connectivity index (χ0n) is 19.2. The maximum Gasteiger partial charge on any atom is 0.162 e. The molecule has 1 saturated carbocycles. The molecule has 0 saturated heterocycles. The van der Waals surface area contributed by atoms with Crippen LogP contribution in [0.25, 0.3) is 16.7 Å². The number of aliphatic hydroxyl groups is 1. The van der Waals surface area contributed by atoms with Crippen LogP contribution >= 0.6 is 0 Å². The van der Waals surface area contributed by atoms with Gasteiger partial charge in [0.2, 0.25) is 0 Å². The minimum atomic E-state index is 0. The predicted octanol–water partition coefficient (Wildman–Crippen LogP) is 4.88. The van der Waals surface area contributed by atoms with Crippen LogP contribution < -0.4 is 10.6 Å². The van der Waals surface area contributed by atoms with E-state index < -0.39 is 0 Å². The van der Waals surface area contributed by atoms with Crippen LogP contribution in [-0.2, 0) is 20.0 Å². The second-order valence-electron chi connectivity index (χ2n) is 8.30. The molecule has 0 amide bonds. The quantitative estimate of drug-likeness (QED) is 0.395. The van der Waals surface area contributed by atoms with Gasteiger partial charge in [0, 0.05) is 42.7 Å². The van der Waals surface area contributed by atoms with Crippen molar-refractivity contribution >= 4 is 28.3 Å². The number of anilines is 2. The van der Waals surface area contributed by atoms with Crippen molar-refractivity contribution in [2.24, 2.45) is 7.05 Å². The molecule has 4 aromatic rings. The number of aryl methyl sites for hydroxylation is 2. The van der Waals surface area contributed by atoms with Crippen molar-refractivity contribution in [1.82, 2.24) is 24.1 Å². The van der Waals surface area contributed by atoms with E-state index >= 15 is 0 Å². The van der Waals surface area contributed by atoms with Crippen molar-refractivity contribution in [3.63, 3.8) is 0 Å². The second-order valence-corrected chi connectivity index (χ2v) is 8.30. The fraction of sp³-hybridized carbons (Fsp3) is 0.458. The van der Waals surface area contributed by atoms with Crippen LogP contribution in [0.15, 0.2) is 36.8 Å². The van der Waals surface area contributed by atoms with Gasteiger partial charge in [0.25, 0.3) is 0 Å². The summed E-state index contributed by atoms with van der Waals surface area (Å²) in [5, 5.41) is 18.8. The molecule has 8 nitrogen and oxygen atoms in total. The van der Waals surface area contributed by atoms with Crippen molar-refractivity contribution in [1.29, 1.82) is 0 Å². The van der Waals surface area contributed by atoms with Gasteiger partial charge in [0.05, 0.1) is 23.6 Å². The molecule has 0 unspecified atom stereocenters. The summed E-state index contributed by atoms with van der Waals surface area (Å²) in [6.45, 7) is 2.85. The number of rotatable bonds is 6. The molecular formula is C24H39N7O. The standard InChI is InChI=1S/C23H29N7.CH4O.3H2/c1-3-17-14-26-30-22(12-21(28-23(17)30)27-18-7-5-4-6-8-18)24-13-16-9-10-20-19(11-16)25-15-29(20)2;1-2;;;/h9-12,14-15,18,24H,3-8,13H2,1-2H3,(H,27,28);2H,1H3;3*1H. The minimum absolute atomic E-state index is 0. The van der Waals surface area contributed by atoms with E-state index in [-0.39, 0.29) is 4.28 Å². The van der Waals surface area contributed by atoms with Gasteiger partial charge in [0.1, 0.15) is 11.6 Å². The average Bonchev–Trinajstić information content (AvgIpc) is 3.42. The maximum atomic E-state index is 7.00. The largest absolute Gasteiger partial charge is 0.400 e. The molecule has 0 radical (unpaired) electrons. The van der Waals surface area contributed by atoms with Crippen molar-refractivity contribution in [3.8, 4) is 0 Å². The van der Waals surface area contributed by atoms with E-state index in [1.54, 1.807) is 0 Å². The summed E-state index contributed by atoms with van der Waals surface area (Å²) in [5.41, 5.74) is 5.45. The Morgan fingerprint density at radius 3 is 2.75 bits per heavy atom. The molecule has 1 aliphatic rings. The lowest BCUT2D eigenvalue weighted by atomic mass is 9.95. The number of imidazole rings is 1. The Hall–Kier alpha value is -3.13. The Balaban J connectivity index is 0.00000120. The average molecular weight is 442 g/mol. The first-order chi connectivity index (χ1) is 15.7. The number of aromatic nitrogens is 5. The van der Waals surface area contributed by atoms with Crippen LogP contribution in [0.4, 0.5) is 11.6 Å². The van der Waals surface area contributed by atoms with Gasteiger partial charge in [-0.3, -0.25) is 0 Å². The molecule has 3 aromatic heterocycles. The van der Waals surface area contributed by atoms with E-state index in [1.165, 1.54) is 43.2 Å². The molecule has 3 heterocycles. The van der Waals surface area contributed by atoms with Gasteiger partial charge in [-0.15, -0.1) is 0 Å². The highest BCUT2D eigenvalue weighted by Gasteiger charge is 2.16. The van der Waals surface area contributed by atoms with Crippen molar-refractivity contribution in [3.05, 3.63) is 47.9 Å². The highest BCUT2D eigenvalue weighted by Crippen LogP contribution is 2.25. The summed E-state index contributed by atoms with van der Waals surface area (Å²) in [5.74, 6) is 1.89. The maximum absolute atomic E-state index is 7.00. The van der Waals surface area contributed by atoms with Crippen LogP contribution in [0.2, 0.25) is 0 Å². The number of nitrogens with zero attached hydrogens (tertiary/aromatic N) is 5. The molecule has 8 heteroatoms. The van der Waals surface area contributed by atoms with Crippen molar-refractivity contribution in [2.75, 3.05) is 17.7 Å². The van der Waals surface area contributed by atoms with Crippen molar-refractivity contribution < 1.29 is 9.39 Å². The molecule has 5 rings (SSSR count). The third kappa shape index (κ3) is 4.55. The van der Waals surface area contributed by atoms with E-state index in [9.17, 15) is 0 Å². The highest BCUT2D eigenvalue weighted by molar-refractivity contribution is 5.76. The molecule has 1 aromatic carbocycles. The van der Waals surface area contributed by atoms with E-state index in [1.807, 2.05) is 28.7 Å². The molecule has 3 N–H and O–H groups in total. The molecule has 176 valence electrons. The summed E-state index contributed by atoms with van der Waals surface area (Å²) in [6.07, 6.45) is 11.1. The molecule has 1 fully saturated rings. The van der Waals surface area contributed by atoms with Gasteiger partial charge < -0.3 is 20.3 Å². The van der Waals surface area contributed by atoms with E-state index in [4.69, 9.17) is 10.1 Å². The van der Waals surface area contributed by atoms with Crippen LogP contribution in [-0.4, -0.2) is 42.4 Å². The SMILES string of the molecule is CCc1cnn2c(NCc3ccc4c(c3)ncn4C)cc(NC3CCCCC3)nc12.CO.[HH].[HH].[HH]. The van der Waals surface area contributed by atoms with Gasteiger partial charge >= 0.3 is 0 Å². The lowest BCUT2D eigenvalue weighted by Gasteiger charge is -2.23. The lowest BCUT2D eigenvalue weighted by molar-refractivity contribution is 0.399. The molecule has 0 aliphatic heterocycles. The molecule has 32 heavy (non-hydrogen) atoms. The monoisotopic (exact) mass is 441 g/mol. The Labute approximate surface area is 193 Å². The summed E-state index contributed by atoms with van der Waals surface area (Å²) in [6, 6.07) is 9.02. The number of aliphatic hydroxyl groups excluding tert-OH is 1. The Morgan fingerprint density at radius 2 is 1.97 bits per heavy atom. The smallest absolute Gasteiger partial charge is 0.162 e. The topological polar surface area (TPSA) is 92.3 Å². The fourth-order valence-corrected chi connectivity index (χ4v) is 4.40. The molecule has 0 atom stereocenters. The predicted molar refractivity (Wildman–Crippen MR) is 135 cm³/mol. The molecule has 0 spiro atoms. The minimum Gasteiger partial charge on any atom is -0.400 e. The van der Waals surface area contributed by atoms with Gasteiger partial charge in [0.15, 0.2) is 5.65 Å². The van der Waals surface area contributed by atoms with Gasteiger partial charge in [-0.1, -0.05) is 32.3 Å². The third-order valence-electron chi connectivity index (χ3n) is 6.15. The number of hydrogen-bond acceptors (Lipinski definition) is 6. The van der Waals surface area contributed by atoms with Crippen LogP contribution in [0.5, 0.6) is 0 Å². The molecule has 0 bridgehead atoms. The van der Waals surface area contributed by atoms with E-state index in [2.05, 4.69) is 51.9 Å². The Morgan fingerprint density at radius 1 is 1.16 bits per heavy atom. The number of hydrogen-bond donors (Lipinski definition) is 3. The van der Waals surface area contributed by atoms with Crippen LogP contribution in [0.1, 0.15) is 54.4 Å². The lowest BCUT2D eigenvalue weighted by Crippen LogP contribution is -2.23. The first-order valence-corrected chi connectivity index (χ1v) is 11.4. The summed E-state index contributed by atoms with van der Waals surface area (Å²) >= 11 is 0. The number of benzene rings is 1. The fourth-order valence-electron chi connectivity index (χ4n) is 4.40. The molecule has 1 aliphatic carbocycles. The zero-order valence-corrected chi connectivity index (χ0v) is 19.2. The summed E-state index contributed by atoms with van der Waals surface area (Å²) in [7, 11) is 3.02. The van der Waals surface area contributed by atoms with Gasteiger partial charge in [-0.05, 0) is 37.0 Å².